The van der Waals surface area contributed by atoms with Gasteiger partial charge in [-0.25, -0.2) is 4.79 Å². The molecule has 0 bridgehead atoms. The van der Waals surface area contributed by atoms with Crippen molar-refractivity contribution in [1.29, 1.82) is 0 Å². The number of carboxylic acids is 2. The van der Waals surface area contributed by atoms with Gasteiger partial charge in [-0.15, -0.1) is 0 Å². The zero-order chi connectivity index (χ0) is 12.1. The highest BCUT2D eigenvalue weighted by molar-refractivity contribution is 6.33. The predicted molar refractivity (Wildman–Crippen MR) is 59.7 cm³/mol. The standard InChI is InChI=1S/C11H9ClO4/c12-9-5-4-7(2-1-3-10(13)14)6-8(9)11(15)16/h1-2,4-6H,3H2,(H,13,14)(H,15,16). The van der Waals surface area contributed by atoms with E-state index in [4.69, 9.17) is 21.8 Å². The van der Waals surface area contributed by atoms with Crippen molar-refractivity contribution in [2.45, 2.75) is 6.42 Å². The molecule has 4 nitrogen and oxygen atoms in total. The molecule has 0 aliphatic rings. The van der Waals surface area contributed by atoms with E-state index >= 15 is 0 Å². The van der Waals surface area contributed by atoms with Gasteiger partial charge in [-0.1, -0.05) is 29.8 Å². The smallest absolute Gasteiger partial charge is 0.337 e. The third-order valence-corrected chi connectivity index (χ3v) is 2.15. The normalized spacial score (nSPS) is 10.6. The van der Waals surface area contributed by atoms with E-state index in [2.05, 4.69) is 0 Å². The SMILES string of the molecule is O=C(O)CC=Cc1ccc(Cl)c(C(=O)O)c1. The van der Waals surface area contributed by atoms with E-state index in [1.807, 2.05) is 0 Å². The Kier molecular flexibility index (Phi) is 4.08. The molecule has 0 radical (unpaired) electrons. The number of hydrogen-bond donors (Lipinski definition) is 2. The molecule has 0 aliphatic carbocycles. The molecule has 5 heteroatoms. The fraction of sp³-hybridized carbons (Fsp3) is 0.0909. The van der Waals surface area contributed by atoms with Crippen molar-refractivity contribution >= 4 is 29.6 Å². The molecule has 1 aromatic carbocycles. The number of halogens is 1. The topological polar surface area (TPSA) is 74.6 Å². The molecule has 0 spiro atoms. The summed E-state index contributed by atoms with van der Waals surface area (Å²) in [6.45, 7) is 0. The van der Waals surface area contributed by atoms with E-state index in [9.17, 15) is 9.59 Å². The van der Waals surface area contributed by atoms with E-state index < -0.39 is 11.9 Å². The monoisotopic (exact) mass is 240 g/mol. The molecule has 1 aromatic rings. The summed E-state index contributed by atoms with van der Waals surface area (Å²) in [6, 6.07) is 4.47. The summed E-state index contributed by atoms with van der Waals surface area (Å²) < 4.78 is 0. The van der Waals surface area contributed by atoms with Crippen molar-refractivity contribution < 1.29 is 19.8 Å². The van der Waals surface area contributed by atoms with Crippen molar-refractivity contribution in [3.8, 4) is 0 Å². The first-order valence-electron chi connectivity index (χ1n) is 4.42. The van der Waals surface area contributed by atoms with Crippen LogP contribution in [0.4, 0.5) is 0 Å². The largest absolute Gasteiger partial charge is 0.481 e. The second-order valence-electron chi connectivity index (χ2n) is 3.04. The number of aliphatic carboxylic acids is 1. The van der Waals surface area contributed by atoms with Gasteiger partial charge >= 0.3 is 11.9 Å². The number of benzene rings is 1. The molecule has 0 heterocycles. The van der Waals surface area contributed by atoms with Crippen molar-refractivity contribution in [3.05, 3.63) is 40.4 Å². The minimum absolute atomic E-state index is 0.000795. The Morgan fingerprint density at radius 2 is 2.00 bits per heavy atom. The van der Waals surface area contributed by atoms with Gasteiger partial charge in [0.05, 0.1) is 17.0 Å². The van der Waals surface area contributed by atoms with Crippen LogP contribution < -0.4 is 0 Å². The molecule has 1 rings (SSSR count). The molecule has 2 N–H and O–H groups in total. The van der Waals surface area contributed by atoms with Gasteiger partial charge in [-0.3, -0.25) is 4.79 Å². The summed E-state index contributed by atoms with van der Waals surface area (Å²) in [5, 5.41) is 17.4. The average Bonchev–Trinajstić information content (AvgIpc) is 2.19. The second-order valence-corrected chi connectivity index (χ2v) is 3.45. The minimum Gasteiger partial charge on any atom is -0.481 e. The Hall–Kier alpha value is -1.81. The van der Waals surface area contributed by atoms with Crippen LogP contribution in [0.25, 0.3) is 6.08 Å². The molecular formula is C11H9ClO4. The number of hydrogen-bond acceptors (Lipinski definition) is 2. The Bertz CT molecular complexity index is 451. The average molecular weight is 241 g/mol. The quantitative estimate of drug-likeness (QED) is 0.848. The third kappa shape index (κ3) is 3.40. The van der Waals surface area contributed by atoms with E-state index in [1.54, 1.807) is 6.07 Å². The van der Waals surface area contributed by atoms with Crippen LogP contribution in [0.5, 0.6) is 0 Å². The molecule has 0 saturated heterocycles. The van der Waals surface area contributed by atoms with Gasteiger partial charge in [0.15, 0.2) is 0 Å². The highest BCUT2D eigenvalue weighted by atomic mass is 35.5. The zero-order valence-electron chi connectivity index (χ0n) is 8.18. The van der Waals surface area contributed by atoms with Gasteiger partial charge in [-0.2, -0.15) is 0 Å². The first-order valence-corrected chi connectivity index (χ1v) is 4.79. The van der Waals surface area contributed by atoms with Crippen LogP contribution in [-0.2, 0) is 4.79 Å². The summed E-state index contributed by atoms with van der Waals surface area (Å²) >= 11 is 5.68. The fourth-order valence-electron chi connectivity index (χ4n) is 1.11. The van der Waals surface area contributed by atoms with Crippen LogP contribution in [-0.4, -0.2) is 22.2 Å². The van der Waals surface area contributed by atoms with Gasteiger partial charge < -0.3 is 10.2 Å². The molecule has 84 valence electrons. The fourth-order valence-corrected chi connectivity index (χ4v) is 1.30. The highest BCUT2D eigenvalue weighted by Gasteiger charge is 2.07. The lowest BCUT2D eigenvalue weighted by Gasteiger charge is -2.00. The van der Waals surface area contributed by atoms with Crippen LogP contribution in [0, 0.1) is 0 Å². The van der Waals surface area contributed by atoms with E-state index in [0.29, 0.717) is 5.56 Å². The molecule has 0 atom stereocenters. The number of carbonyl (C=O) groups is 2. The molecule has 0 aliphatic heterocycles. The third-order valence-electron chi connectivity index (χ3n) is 1.82. The Morgan fingerprint density at radius 1 is 1.31 bits per heavy atom. The highest BCUT2D eigenvalue weighted by Crippen LogP contribution is 2.18. The molecule has 0 saturated carbocycles. The number of aromatic carboxylic acids is 1. The van der Waals surface area contributed by atoms with Crippen LogP contribution in [0.15, 0.2) is 24.3 Å². The predicted octanol–water partition coefficient (Wildman–Crippen LogP) is 2.53. The van der Waals surface area contributed by atoms with Gasteiger partial charge in [-0.05, 0) is 17.7 Å². The van der Waals surface area contributed by atoms with Gasteiger partial charge in [0, 0.05) is 0 Å². The molecule has 0 aromatic heterocycles. The number of rotatable bonds is 4. The Balaban J connectivity index is 2.91. The second kappa shape index (κ2) is 5.32. The molecule has 16 heavy (non-hydrogen) atoms. The minimum atomic E-state index is -1.11. The summed E-state index contributed by atoms with van der Waals surface area (Å²) in [5.74, 6) is -2.05. The van der Waals surface area contributed by atoms with Gasteiger partial charge in [0.2, 0.25) is 0 Å². The summed E-state index contributed by atoms with van der Waals surface area (Å²) in [4.78, 5) is 21.0. The first kappa shape index (κ1) is 12.3. The number of carboxylic acid groups (broad SMARTS) is 2. The lowest BCUT2D eigenvalue weighted by Crippen LogP contribution is -1.97. The van der Waals surface area contributed by atoms with Crippen LogP contribution >= 0.6 is 11.6 Å². The Labute approximate surface area is 96.8 Å². The molecule has 0 amide bonds. The Morgan fingerprint density at radius 3 is 2.56 bits per heavy atom. The van der Waals surface area contributed by atoms with Crippen molar-refractivity contribution in [1.82, 2.24) is 0 Å². The lowest BCUT2D eigenvalue weighted by molar-refractivity contribution is -0.135. The van der Waals surface area contributed by atoms with E-state index in [-0.39, 0.29) is 17.0 Å². The summed E-state index contributed by atoms with van der Waals surface area (Å²) in [6.07, 6.45) is 2.87. The van der Waals surface area contributed by atoms with Gasteiger partial charge in [0.25, 0.3) is 0 Å². The lowest BCUT2D eigenvalue weighted by atomic mass is 10.1. The maximum atomic E-state index is 10.8. The van der Waals surface area contributed by atoms with Crippen LogP contribution in [0.1, 0.15) is 22.3 Å². The molecule has 0 fully saturated rings. The first-order chi connectivity index (χ1) is 7.50. The van der Waals surface area contributed by atoms with Gasteiger partial charge in [0.1, 0.15) is 0 Å². The maximum Gasteiger partial charge on any atom is 0.337 e. The van der Waals surface area contributed by atoms with Crippen LogP contribution in [0.3, 0.4) is 0 Å². The van der Waals surface area contributed by atoms with E-state index in [1.165, 1.54) is 24.3 Å². The summed E-state index contributed by atoms with van der Waals surface area (Å²) in [5.41, 5.74) is 0.599. The summed E-state index contributed by atoms with van der Waals surface area (Å²) in [7, 11) is 0. The molecule has 0 unspecified atom stereocenters. The molecular weight excluding hydrogens is 232 g/mol. The van der Waals surface area contributed by atoms with Crippen LogP contribution in [0.2, 0.25) is 5.02 Å². The van der Waals surface area contributed by atoms with Crippen molar-refractivity contribution in [3.63, 3.8) is 0 Å². The van der Waals surface area contributed by atoms with Crippen molar-refractivity contribution in [2.75, 3.05) is 0 Å². The zero-order valence-corrected chi connectivity index (χ0v) is 8.94. The maximum absolute atomic E-state index is 10.8. The van der Waals surface area contributed by atoms with Crippen molar-refractivity contribution in [2.24, 2.45) is 0 Å². The van der Waals surface area contributed by atoms with E-state index in [0.717, 1.165) is 0 Å².